The number of benzene rings is 1. The van der Waals surface area contributed by atoms with Gasteiger partial charge in [-0.25, -0.2) is 0 Å². The molecule has 0 unspecified atom stereocenters. The van der Waals surface area contributed by atoms with E-state index in [1.807, 2.05) is 6.92 Å². The van der Waals surface area contributed by atoms with Crippen LogP contribution < -0.4 is 0 Å². The lowest BCUT2D eigenvalue weighted by molar-refractivity contribution is -0.138. The van der Waals surface area contributed by atoms with Crippen LogP contribution in [-0.4, -0.2) is 11.1 Å². The van der Waals surface area contributed by atoms with Crippen LogP contribution in [0.3, 0.4) is 0 Å². The van der Waals surface area contributed by atoms with Crippen molar-refractivity contribution >= 4 is 28.6 Å². The Kier molecular flexibility index (Phi) is 13.1. The van der Waals surface area contributed by atoms with E-state index in [2.05, 4.69) is 46.9 Å². The van der Waals surface area contributed by atoms with Crippen molar-refractivity contribution < 1.29 is 9.90 Å². The molecule has 0 aliphatic carbocycles. The van der Waals surface area contributed by atoms with Gasteiger partial charge in [0, 0.05) is 9.99 Å². The van der Waals surface area contributed by atoms with Crippen molar-refractivity contribution in [2.45, 2.75) is 90.4 Å². The zero-order valence-electron chi connectivity index (χ0n) is 15.8. The summed E-state index contributed by atoms with van der Waals surface area (Å²) in [4.78, 5) is 10.6. The highest BCUT2D eigenvalue weighted by atomic mass is 125. The van der Waals surface area contributed by atoms with E-state index in [0.717, 1.165) is 6.42 Å². The Bertz CT molecular complexity index is 456. The third-order valence-corrected chi connectivity index (χ3v) is 5.57. The number of rotatable bonds is 15. The van der Waals surface area contributed by atoms with E-state index in [9.17, 15) is 4.79 Å². The van der Waals surface area contributed by atoms with Crippen LogP contribution in [0, 0.1) is 9.49 Å². The fourth-order valence-corrected chi connectivity index (χ4v) is 3.65. The summed E-state index contributed by atoms with van der Waals surface area (Å²) >= 11 is 2.36. The summed E-state index contributed by atoms with van der Waals surface area (Å²) in [6.07, 6.45) is 15.9. The molecule has 3 heteroatoms. The van der Waals surface area contributed by atoms with E-state index in [1.54, 1.807) is 0 Å². The number of carbonyl (C=O) groups is 1. The monoisotopic (exact) mass is 456 g/mol. The highest BCUT2D eigenvalue weighted by Crippen LogP contribution is 2.16. The fraction of sp³-hybridized carbons (Fsp3) is 0.682. The Hall–Kier alpha value is -0.580. The lowest BCUT2D eigenvalue weighted by atomic mass is 9.99. The molecule has 0 spiro atoms. The zero-order chi connectivity index (χ0) is 18.3. The van der Waals surface area contributed by atoms with Gasteiger partial charge in [-0.2, -0.15) is 0 Å². The lowest BCUT2D eigenvalue weighted by Gasteiger charge is -2.08. The van der Waals surface area contributed by atoms with E-state index in [4.69, 9.17) is 5.11 Å². The number of aryl methyl sites for hydroxylation is 1. The predicted octanol–water partition coefficient (Wildman–Crippen LogP) is 7.24. The number of hydrogen-bond acceptors (Lipinski definition) is 1. The molecule has 142 valence electrons. The van der Waals surface area contributed by atoms with E-state index in [0.29, 0.717) is 12.3 Å². The van der Waals surface area contributed by atoms with E-state index < -0.39 is 5.97 Å². The molecule has 0 aliphatic heterocycles. The smallest absolute Gasteiger partial charge is 0.303 e. The van der Waals surface area contributed by atoms with Crippen molar-refractivity contribution in [1.82, 2.24) is 0 Å². The highest BCUT2D eigenvalue weighted by molar-refractivity contribution is 14.1. The molecule has 0 aromatic heterocycles. The Labute approximate surface area is 167 Å². The second-order valence-electron chi connectivity index (χ2n) is 7.40. The van der Waals surface area contributed by atoms with Gasteiger partial charge < -0.3 is 5.11 Å². The molecule has 0 bridgehead atoms. The Balaban J connectivity index is 1.81. The second kappa shape index (κ2) is 14.6. The summed E-state index contributed by atoms with van der Waals surface area (Å²) in [6, 6.07) is 8.90. The van der Waals surface area contributed by atoms with Crippen molar-refractivity contribution in [1.29, 1.82) is 0 Å². The van der Waals surface area contributed by atoms with Gasteiger partial charge in [-0.3, -0.25) is 4.79 Å². The first-order valence-corrected chi connectivity index (χ1v) is 11.1. The SMILES string of the molecule is C[C@@H](CCCCCCCCCCCCc1ccc([125I])cc1)CC(=O)O. The molecule has 0 amide bonds. The Morgan fingerprint density at radius 1 is 0.880 bits per heavy atom. The van der Waals surface area contributed by atoms with Crippen molar-refractivity contribution in [2.24, 2.45) is 5.92 Å². The Morgan fingerprint density at radius 2 is 1.36 bits per heavy atom. The van der Waals surface area contributed by atoms with Crippen LogP contribution >= 0.6 is 22.6 Å². The van der Waals surface area contributed by atoms with Gasteiger partial charge in [0.05, 0.1) is 0 Å². The zero-order valence-corrected chi connectivity index (χ0v) is 18.0. The minimum Gasteiger partial charge on any atom is -0.481 e. The average molecular weight is 456 g/mol. The normalized spacial score (nSPS) is 12.2. The first kappa shape index (κ1) is 22.5. The van der Waals surface area contributed by atoms with Gasteiger partial charge in [0.25, 0.3) is 0 Å². The molecule has 25 heavy (non-hydrogen) atoms. The molecule has 1 aromatic rings. The fourth-order valence-electron chi connectivity index (χ4n) is 3.29. The summed E-state index contributed by atoms with van der Waals surface area (Å²) in [5.74, 6) is -0.331. The largest absolute Gasteiger partial charge is 0.481 e. The van der Waals surface area contributed by atoms with Gasteiger partial charge in [-0.15, -0.1) is 0 Å². The lowest BCUT2D eigenvalue weighted by Crippen LogP contribution is -2.03. The van der Waals surface area contributed by atoms with E-state index >= 15 is 0 Å². The molecular formula is C22H35IO2. The minimum absolute atomic E-state index is 0.323. The molecular weight excluding hydrogens is 421 g/mol. The van der Waals surface area contributed by atoms with Crippen LogP contribution in [0.25, 0.3) is 0 Å². The Morgan fingerprint density at radius 3 is 1.88 bits per heavy atom. The maximum Gasteiger partial charge on any atom is 0.303 e. The van der Waals surface area contributed by atoms with Gasteiger partial charge >= 0.3 is 5.97 Å². The van der Waals surface area contributed by atoms with Crippen molar-refractivity contribution in [2.75, 3.05) is 0 Å². The van der Waals surface area contributed by atoms with E-state index in [-0.39, 0.29) is 0 Å². The molecule has 0 fully saturated rings. The molecule has 1 atom stereocenters. The highest BCUT2D eigenvalue weighted by Gasteiger charge is 2.06. The molecule has 1 rings (SSSR count). The molecule has 2 nitrogen and oxygen atoms in total. The maximum atomic E-state index is 10.6. The summed E-state index contributed by atoms with van der Waals surface area (Å²) < 4.78 is 1.32. The number of hydrogen-bond donors (Lipinski definition) is 1. The average Bonchev–Trinajstić information content (AvgIpc) is 2.57. The standard InChI is InChI=1S/C22H35IO2/c1-19(18-22(24)25)12-10-8-6-4-2-3-5-7-9-11-13-20-14-16-21(23)17-15-20/h14-17,19H,2-13,18H2,1H3,(H,24,25)/t19-/m0/s1/i23-2. The summed E-state index contributed by atoms with van der Waals surface area (Å²) in [5, 5.41) is 8.73. The maximum absolute atomic E-state index is 10.6. The third kappa shape index (κ3) is 13.3. The van der Waals surface area contributed by atoms with Crippen LogP contribution in [0.4, 0.5) is 0 Å². The molecule has 1 aromatic carbocycles. The summed E-state index contributed by atoms with van der Waals surface area (Å²) in [7, 11) is 0. The van der Waals surface area contributed by atoms with Gasteiger partial charge in [-0.1, -0.05) is 83.3 Å². The van der Waals surface area contributed by atoms with Crippen LogP contribution in [0.1, 0.15) is 89.5 Å². The third-order valence-electron chi connectivity index (χ3n) is 4.85. The molecule has 0 radical (unpaired) electrons. The van der Waals surface area contributed by atoms with Gasteiger partial charge in [0.1, 0.15) is 0 Å². The van der Waals surface area contributed by atoms with Crippen LogP contribution in [0.2, 0.25) is 0 Å². The van der Waals surface area contributed by atoms with Crippen molar-refractivity contribution in [3.05, 3.63) is 33.4 Å². The number of carboxylic acids is 1. The van der Waals surface area contributed by atoms with Crippen LogP contribution in [0.15, 0.2) is 24.3 Å². The molecule has 0 saturated heterocycles. The van der Waals surface area contributed by atoms with Gasteiger partial charge in [0.15, 0.2) is 0 Å². The van der Waals surface area contributed by atoms with Gasteiger partial charge in [0.2, 0.25) is 0 Å². The topological polar surface area (TPSA) is 37.3 Å². The van der Waals surface area contributed by atoms with Crippen molar-refractivity contribution in [3.63, 3.8) is 0 Å². The quantitative estimate of drug-likeness (QED) is 0.223. The first-order chi connectivity index (χ1) is 12.1. The summed E-state index contributed by atoms with van der Waals surface area (Å²) in [6.45, 7) is 2.05. The molecule has 0 saturated carbocycles. The van der Waals surface area contributed by atoms with Gasteiger partial charge in [-0.05, 0) is 59.0 Å². The predicted molar refractivity (Wildman–Crippen MR) is 115 cm³/mol. The van der Waals surface area contributed by atoms with Crippen LogP contribution in [-0.2, 0) is 11.2 Å². The number of carboxylic acid groups (broad SMARTS) is 1. The number of halogens is 1. The first-order valence-electron chi connectivity index (χ1n) is 10.0. The number of unbranched alkanes of at least 4 members (excludes halogenated alkanes) is 9. The molecule has 1 N–H and O–H groups in total. The number of aliphatic carboxylic acids is 1. The van der Waals surface area contributed by atoms with E-state index in [1.165, 1.54) is 79.8 Å². The second-order valence-corrected chi connectivity index (χ2v) is 8.65. The van der Waals surface area contributed by atoms with Crippen LogP contribution in [0.5, 0.6) is 0 Å². The minimum atomic E-state index is -0.661. The summed E-state index contributed by atoms with van der Waals surface area (Å²) in [5.41, 5.74) is 1.47. The molecule has 0 aliphatic rings. The van der Waals surface area contributed by atoms with Crippen molar-refractivity contribution in [3.8, 4) is 0 Å². The molecule has 0 heterocycles.